The molecule has 5 aromatic rings. The molecule has 212 valence electrons. The van der Waals surface area contributed by atoms with Crippen molar-refractivity contribution in [1.29, 1.82) is 0 Å². The molecule has 9 heteroatoms. The number of ether oxygens (including phenoxy) is 2. The highest BCUT2D eigenvalue weighted by Gasteiger charge is 2.18. The Labute approximate surface area is 244 Å². The lowest BCUT2D eigenvalue weighted by molar-refractivity contribution is 0.292. The third-order valence-corrected chi connectivity index (χ3v) is 6.45. The molecule has 3 N–H and O–H groups in total. The Bertz CT molecular complexity index is 1720. The number of hydrogen-bond acceptors (Lipinski definition) is 9. The minimum absolute atomic E-state index is 0.0374. The number of phenols is 1. The number of hydrogen-bond donors (Lipinski definition) is 2. The Morgan fingerprint density at radius 2 is 1.64 bits per heavy atom. The number of phenolic OH excluding ortho intramolecular Hbond substituents is 1. The third-order valence-electron chi connectivity index (χ3n) is 6.45. The fourth-order valence-corrected chi connectivity index (χ4v) is 4.16. The molecule has 0 saturated heterocycles. The summed E-state index contributed by atoms with van der Waals surface area (Å²) in [5.41, 5.74) is 10.2. The molecule has 1 heterocycles. The molecule has 0 aliphatic heterocycles. The summed E-state index contributed by atoms with van der Waals surface area (Å²) < 4.78 is 17.7. The SMILES string of the molecule is C=N/N=C(\OCc1cccc(Oc2ccc(N)cc2)c1)c1ccc(-c2nnc(-c3ccc(C(C)(C)C)cc3)o2)c(O)c1. The zero-order valence-electron chi connectivity index (χ0n) is 23.6. The van der Waals surface area contributed by atoms with Crippen LogP contribution in [0.2, 0.25) is 0 Å². The average Bonchev–Trinajstić information content (AvgIpc) is 3.46. The maximum atomic E-state index is 10.8. The summed E-state index contributed by atoms with van der Waals surface area (Å²) in [4.78, 5) is 0. The van der Waals surface area contributed by atoms with E-state index in [-0.39, 0.29) is 29.6 Å². The number of aromatic nitrogens is 2. The van der Waals surface area contributed by atoms with E-state index in [1.807, 2.05) is 48.5 Å². The minimum atomic E-state index is -0.0787. The zero-order chi connectivity index (χ0) is 29.7. The number of nitrogens with two attached hydrogens (primary N) is 1. The molecule has 0 unspecified atom stereocenters. The van der Waals surface area contributed by atoms with Crippen LogP contribution < -0.4 is 10.5 Å². The van der Waals surface area contributed by atoms with Crippen LogP contribution >= 0.6 is 0 Å². The van der Waals surface area contributed by atoms with E-state index in [4.69, 9.17) is 19.6 Å². The second-order valence-corrected chi connectivity index (χ2v) is 10.6. The van der Waals surface area contributed by atoms with Crippen LogP contribution in [0.5, 0.6) is 17.2 Å². The van der Waals surface area contributed by atoms with E-state index in [0.717, 1.165) is 11.1 Å². The highest BCUT2D eigenvalue weighted by atomic mass is 16.5. The van der Waals surface area contributed by atoms with Crippen molar-refractivity contribution < 1.29 is 19.0 Å². The van der Waals surface area contributed by atoms with Gasteiger partial charge in [0.2, 0.25) is 11.8 Å². The molecule has 0 spiro atoms. The van der Waals surface area contributed by atoms with E-state index in [2.05, 4.69) is 47.9 Å². The van der Waals surface area contributed by atoms with Gasteiger partial charge in [-0.25, -0.2) is 0 Å². The van der Waals surface area contributed by atoms with Gasteiger partial charge in [0.25, 0.3) is 5.89 Å². The molecule has 0 saturated carbocycles. The molecular formula is C33H31N5O4. The first-order chi connectivity index (χ1) is 20.2. The first-order valence-corrected chi connectivity index (χ1v) is 13.3. The standard InChI is InChI=1S/C33H31N5O4/c1-33(2,3)24-11-8-22(9-12-24)31-37-38-32(42-31)28-17-10-23(19-29(28)39)30(36-35-4)40-20-21-6-5-7-27(18-21)41-26-15-13-25(34)14-16-26/h5-19,39H,4,20,34H2,1-3H3/b36-30-. The molecule has 4 aromatic carbocycles. The maximum Gasteiger partial charge on any atom is 0.251 e. The quantitative estimate of drug-likeness (QED) is 0.0876. The zero-order valence-corrected chi connectivity index (χ0v) is 23.6. The van der Waals surface area contributed by atoms with Crippen molar-refractivity contribution in [2.75, 3.05) is 5.73 Å². The van der Waals surface area contributed by atoms with Gasteiger partial charge in [0.05, 0.1) is 5.56 Å². The summed E-state index contributed by atoms with van der Waals surface area (Å²) in [6, 6.07) is 27.5. The lowest BCUT2D eigenvalue weighted by Crippen LogP contribution is -2.10. The Hall–Kier alpha value is -5.44. The van der Waals surface area contributed by atoms with Crippen LogP contribution in [0.1, 0.15) is 37.5 Å². The first kappa shape index (κ1) is 28.1. The van der Waals surface area contributed by atoms with Gasteiger partial charge in [-0.05, 0) is 83.3 Å². The Balaban J connectivity index is 1.29. The number of nitrogens with zero attached hydrogens (tertiary/aromatic N) is 4. The largest absolute Gasteiger partial charge is 0.507 e. The molecule has 1 aromatic heterocycles. The highest BCUT2D eigenvalue weighted by molar-refractivity contribution is 5.95. The summed E-state index contributed by atoms with van der Waals surface area (Å²) in [6.07, 6.45) is 0. The summed E-state index contributed by atoms with van der Waals surface area (Å²) in [7, 11) is 0. The number of aromatic hydroxyl groups is 1. The molecule has 9 nitrogen and oxygen atoms in total. The van der Waals surface area contributed by atoms with Crippen molar-refractivity contribution >= 4 is 18.3 Å². The van der Waals surface area contributed by atoms with Crippen LogP contribution in [-0.2, 0) is 16.8 Å². The monoisotopic (exact) mass is 561 g/mol. The predicted octanol–water partition coefficient (Wildman–Crippen LogP) is 7.36. The van der Waals surface area contributed by atoms with E-state index in [9.17, 15) is 5.11 Å². The van der Waals surface area contributed by atoms with Crippen LogP contribution in [0, 0.1) is 0 Å². The Kier molecular flexibility index (Phi) is 8.01. The van der Waals surface area contributed by atoms with E-state index >= 15 is 0 Å². The summed E-state index contributed by atoms with van der Waals surface area (Å²) in [5, 5.41) is 26.8. The number of benzene rings is 4. The number of anilines is 1. The van der Waals surface area contributed by atoms with Gasteiger partial charge in [0.15, 0.2) is 0 Å². The van der Waals surface area contributed by atoms with Crippen molar-refractivity contribution in [2.45, 2.75) is 32.8 Å². The maximum absolute atomic E-state index is 10.8. The topological polar surface area (TPSA) is 128 Å². The van der Waals surface area contributed by atoms with E-state index in [1.54, 1.807) is 36.4 Å². The van der Waals surface area contributed by atoms with Gasteiger partial charge in [-0.15, -0.1) is 15.3 Å². The summed E-state index contributed by atoms with van der Waals surface area (Å²) >= 11 is 0. The average molecular weight is 562 g/mol. The van der Waals surface area contributed by atoms with Crippen molar-refractivity contribution in [2.24, 2.45) is 10.2 Å². The molecule has 0 fully saturated rings. The van der Waals surface area contributed by atoms with Crippen LogP contribution in [0.4, 0.5) is 5.69 Å². The van der Waals surface area contributed by atoms with Gasteiger partial charge in [0.1, 0.15) is 23.9 Å². The molecule has 0 bridgehead atoms. The fourth-order valence-electron chi connectivity index (χ4n) is 4.16. The van der Waals surface area contributed by atoms with Gasteiger partial charge in [-0.2, -0.15) is 5.10 Å². The molecule has 0 atom stereocenters. The van der Waals surface area contributed by atoms with Crippen LogP contribution in [0.25, 0.3) is 22.9 Å². The van der Waals surface area contributed by atoms with Crippen LogP contribution in [0.3, 0.4) is 0 Å². The normalized spacial score (nSPS) is 11.7. The lowest BCUT2D eigenvalue weighted by atomic mass is 9.87. The molecule has 0 aliphatic rings. The molecule has 42 heavy (non-hydrogen) atoms. The van der Waals surface area contributed by atoms with Gasteiger partial charge in [-0.3, -0.25) is 0 Å². The predicted molar refractivity (Wildman–Crippen MR) is 164 cm³/mol. The first-order valence-electron chi connectivity index (χ1n) is 13.3. The summed E-state index contributed by atoms with van der Waals surface area (Å²) in [5.74, 6) is 1.97. The highest BCUT2D eigenvalue weighted by Crippen LogP contribution is 2.32. The van der Waals surface area contributed by atoms with Gasteiger partial charge in [0, 0.05) is 23.5 Å². The number of rotatable bonds is 8. The molecule has 0 radical (unpaired) electrons. The molecule has 0 aliphatic carbocycles. The van der Waals surface area contributed by atoms with Crippen molar-refractivity contribution in [3.8, 4) is 40.2 Å². The molecular weight excluding hydrogens is 530 g/mol. The molecule has 5 rings (SSSR count). The van der Waals surface area contributed by atoms with Gasteiger partial charge >= 0.3 is 0 Å². The number of nitrogen functional groups attached to an aromatic ring is 1. The smallest absolute Gasteiger partial charge is 0.251 e. The van der Waals surface area contributed by atoms with Crippen LogP contribution in [0.15, 0.2) is 106 Å². The van der Waals surface area contributed by atoms with Gasteiger partial charge in [-0.1, -0.05) is 45.0 Å². The Morgan fingerprint density at radius 1 is 0.905 bits per heavy atom. The summed E-state index contributed by atoms with van der Waals surface area (Å²) in [6.45, 7) is 10.1. The van der Waals surface area contributed by atoms with Gasteiger partial charge < -0.3 is 24.7 Å². The lowest BCUT2D eigenvalue weighted by Gasteiger charge is -2.18. The third kappa shape index (κ3) is 6.64. The van der Waals surface area contributed by atoms with E-state index in [0.29, 0.717) is 34.2 Å². The Morgan fingerprint density at radius 3 is 2.33 bits per heavy atom. The fraction of sp³-hybridized carbons (Fsp3) is 0.152. The minimum Gasteiger partial charge on any atom is -0.507 e. The second kappa shape index (κ2) is 12.0. The van der Waals surface area contributed by atoms with Crippen molar-refractivity contribution in [1.82, 2.24) is 10.2 Å². The van der Waals surface area contributed by atoms with E-state index in [1.165, 1.54) is 11.6 Å². The van der Waals surface area contributed by atoms with Crippen molar-refractivity contribution in [3.05, 3.63) is 108 Å². The van der Waals surface area contributed by atoms with E-state index < -0.39 is 0 Å². The second-order valence-electron chi connectivity index (χ2n) is 10.6. The van der Waals surface area contributed by atoms with Crippen LogP contribution in [-0.4, -0.2) is 27.9 Å². The van der Waals surface area contributed by atoms with Crippen molar-refractivity contribution in [3.63, 3.8) is 0 Å². The molecule has 0 amide bonds.